The fourth-order valence-electron chi connectivity index (χ4n) is 5.31. The van der Waals surface area contributed by atoms with E-state index in [-0.39, 0.29) is 5.41 Å². The first-order valence-corrected chi connectivity index (χ1v) is 11.2. The molecule has 0 aliphatic heterocycles. The van der Waals surface area contributed by atoms with Gasteiger partial charge in [-0.25, -0.2) is 0 Å². The molecular formula is C29H21Br. The molecule has 0 radical (unpaired) electrons. The maximum absolute atomic E-state index is 3.55. The molecule has 0 unspecified atom stereocenters. The molecule has 0 amide bonds. The molecule has 144 valence electrons. The van der Waals surface area contributed by atoms with Crippen LogP contribution in [0, 0.1) is 0 Å². The van der Waals surface area contributed by atoms with Gasteiger partial charge in [-0.15, -0.1) is 0 Å². The van der Waals surface area contributed by atoms with Crippen LogP contribution in [0.3, 0.4) is 0 Å². The van der Waals surface area contributed by atoms with Gasteiger partial charge in [0, 0.05) is 9.89 Å². The minimum absolute atomic E-state index is 0.0559. The van der Waals surface area contributed by atoms with Crippen molar-refractivity contribution in [2.75, 3.05) is 0 Å². The quantitative estimate of drug-likeness (QED) is 0.225. The van der Waals surface area contributed by atoms with Crippen molar-refractivity contribution < 1.29 is 0 Å². The SMILES string of the molecule is CC1(C)c2cc(-c3ccc(Br)cc3)ccc2-c2c1c1ccccc1c1ccccc21. The summed E-state index contributed by atoms with van der Waals surface area (Å²) < 4.78 is 1.11. The highest BCUT2D eigenvalue weighted by atomic mass is 79.9. The van der Waals surface area contributed by atoms with Crippen LogP contribution in [0.15, 0.2) is 95.5 Å². The highest BCUT2D eigenvalue weighted by molar-refractivity contribution is 9.10. The van der Waals surface area contributed by atoms with E-state index in [1.54, 1.807) is 0 Å². The normalized spacial score (nSPS) is 14.1. The molecule has 1 heteroatoms. The Bertz CT molecular complexity index is 1460. The highest BCUT2D eigenvalue weighted by Crippen LogP contribution is 2.55. The lowest BCUT2D eigenvalue weighted by molar-refractivity contribution is 0.667. The lowest BCUT2D eigenvalue weighted by Gasteiger charge is -2.24. The Labute approximate surface area is 185 Å². The third-order valence-electron chi connectivity index (χ3n) is 6.70. The van der Waals surface area contributed by atoms with Crippen LogP contribution in [0.4, 0.5) is 0 Å². The topological polar surface area (TPSA) is 0 Å². The Balaban J connectivity index is 1.71. The zero-order valence-electron chi connectivity index (χ0n) is 17.0. The average molecular weight is 449 g/mol. The summed E-state index contributed by atoms with van der Waals surface area (Å²) in [6, 6.07) is 33.4. The monoisotopic (exact) mass is 448 g/mol. The predicted molar refractivity (Wildman–Crippen MR) is 132 cm³/mol. The lowest BCUT2D eigenvalue weighted by atomic mass is 9.79. The van der Waals surface area contributed by atoms with Crippen LogP contribution in [-0.4, -0.2) is 0 Å². The molecular weight excluding hydrogens is 428 g/mol. The molecule has 5 aromatic carbocycles. The standard InChI is InChI=1S/C29H21Br/c1-29(2)26-17-19(18-11-14-20(30)15-12-18)13-16-25(26)27-23-9-5-3-7-21(23)22-8-4-6-10-24(22)28(27)29/h3-17H,1-2H3. The Hall–Kier alpha value is -2.90. The summed E-state index contributed by atoms with van der Waals surface area (Å²) in [4.78, 5) is 0. The van der Waals surface area contributed by atoms with Gasteiger partial charge in [-0.1, -0.05) is 103 Å². The number of hydrogen-bond acceptors (Lipinski definition) is 0. The Kier molecular flexibility index (Phi) is 3.76. The van der Waals surface area contributed by atoms with E-state index in [9.17, 15) is 0 Å². The van der Waals surface area contributed by atoms with Gasteiger partial charge in [-0.05, 0) is 73.1 Å². The summed E-state index contributed by atoms with van der Waals surface area (Å²) in [5.41, 5.74) is 8.13. The van der Waals surface area contributed by atoms with Crippen molar-refractivity contribution in [1.82, 2.24) is 0 Å². The van der Waals surface area contributed by atoms with Crippen LogP contribution in [0.2, 0.25) is 0 Å². The Morgan fingerprint density at radius 1 is 0.600 bits per heavy atom. The Morgan fingerprint density at radius 2 is 1.17 bits per heavy atom. The zero-order chi connectivity index (χ0) is 20.5. The van der Waals surface area contributed by atoms with E-state index < -0.39 is 0 Å². The molecule has 1 aliphatic carbocycles. The van der Waals surface area contributed by atoms with Crippen molar-refractivity contribution in [2.45, 2.75) is 19.3 Å². The van der Waals surface area contributed by atoms with Gasteiger partial charge in [0.2, 0.25) is 0 Å². The molecule has 0 saturated heterocycles. The van der Waals surface area contributed by atoms with E-state index in [1.807, 2.05) is 0 Å². The van der Waals surface area contributed by atoms with Crippen molar-refractivity contribution in [2.24, 2.45) is 0 Å². The van der Waals surface area contributed by atoms with Crippen molar-refractivity contribution in [3.8, 4) is 22.3 Å². The van der Waals surface area contributed by atoms with Crippen molar-refractivity contribution in [1.29, 1.82) is 0 Å². The minimum atomic E-state index is -0.0559. The second-order valence-corrected chi connectivity index (χ2v) is 9.65. The number of halogens is 1. The molecule has 6 rings (SSSR count). The van der Waals surface area contributed by atoms with E-state index in [0.717, 1.165) is 4.47 Å². The third kappa shape index (κ3) is 2.39. The van der Waals surface area contributed by atoms with Crippen molar-refractivity contribution >= 4 is 37.5 Å². The lowest BCUT2D eigenvalue weighted by Crippen LogP contribution is -2.15. The van der Waals surface area contributed by atoms with Gasteiger partial charge in [0.25, 0.3) is 0 Å². The highest BCUT2D eigenvalue weighted by Gasteiger charge is 2.38. The maximum atomic E-state index is 3.55. The van der Waals surface area contributed by atoms with E-state index in [1.165, 1.54) is 54.9 Å². The van der Waals surface area contributed by atoms with Gasteiger partial charge in [-0.2, -0.15) is 0 Å². The van der Waals surface area contributed by atoms with Crippen LogP contribution >= 0.6 is 15.9 Å². The molecule has 0 nitrogen and oxygen atoms in total. The predicted octanol–water partition coefficient (Wildman–Crippen LogP) is 8.73. The Morgan fingerprint density at radius 3 is 1.87 bits per heavy atom. The first kappa shape index (κ1) is 17.9. The van der Waals surface area contributed by atoms with Gasteiger partial charge in [0.05, 0.1) is 0 Å². The smallest absolute Gasteiger partial charge is 0.0175 e. The second kappa shape index (κ2) is 6.30. The fourth-order valence-corrected chi connectivity index (χ4v) is 5.57. The van der Waals surface area contributed by atoms with Gasteiger partial charge in [0.1, 0.15) is 0 Å². The van der Waals surface area contributed by atoms with Crippen LogP contribution in [0.5, 0.6) is 0 Å². The van der Waals surface area contributed by atoms with Crippen LogP contribution in [0.25, 0.3) is 43.8 Å². The minimum Gasteiger partial charge on any atom is -0.0616 e. The number of rotatable bonds is 1. The van der Waals surface area contributed by atoms with Crippen LogP contribution in [-0.2, 0) is 5.41 Å². The van der Waals surface area contributed by atoms with Crippen molar-refractivity contribution in [3.05, 3.63) is 107 Å². The maximum Gasteiger partial charge on any atom is 0.0175 e. The molecule has 0 atom stereocenters. The van der Waals surface area contributed by atoms with Crippen LogP contribution < -0.4 is 0 Å². The van der Waals surface area contributed by atoms with Crippen LogP contribution in [0.1, 0.15) is 25.0 Å². The third-order valence-corrected chi connectivity index (χ3v) is 7.23. The first-order valence-electron chi connectivity index (χ1n) is 10.4. The number of hydrogen-bond donors (Lipinski definition) is 0. The molecule has 0 heterocycles. The van der Waals surface area contributed by atoms with Crippen molar-refractivity contribution in [3.63, 3.8) is 0 Å². The molecule has 0 fully saturated rings. The van der Waals surface area contributed by atoms with Gasteiger partial charge < -0.3 is 0 Å². The summed E-state index contributed by atoms with van der Waals surface area (Å²) in [7, 11) is 0. The van der Waals surface area contributed by atoms with Gasteiger partial charge in [0.15, 0.2) is 0 Å². The zero-order valence-corrected chi connectivity index (χ0v) is 18.6. The molecule has 0 bridgehead atoms. The number of benzene rings is 5. The summed E-state index contributed by atoms with van der Waals surface area (Å²) >= 11 is 3.55. The molecule has 0 N–H and O–H groups in total. The fraction of sp³-hybridized carbons (Fsp3) is 0.103. The van der Waals surface area contributed by atoms with Gasteiger partial charge >= 0.3 is 0 Å². The molecule has 0 spiro atoms. The first-order chi connectivity index (χ1) is 14.6. The molecule has 1 aliphatic rings. The van der Waals surface area contributed by atoms with E-state index in [0.29, 0.717) is 0 Å². The molecule has 0 aromatic heterocycles. The second-order valence-electron chi connectivity index (χ2n) is 8.73. The molecule has 5 aromatic rings. The summed E-state index contributed by atoms with van der Waals surface area (Å²) in [5, 5.41) is 5.42. The number of fused-ring (bicyclic) bond motifs is 8. The van der Waals surface area contributed by atoms with E-state index in [4.69, 9.17) is 0 Å². The molecule has 0 saturated carbocycles. The summed E-state index contributed by atoms with van der Waals surface area (Å²) in [5.74, 6) is 0. The average Bonchev–Trinajstić information content (AvgIpc) is 3.02. The molecule has 30 heavy (non-hydrogen) atoms. The summed E-state index contributed by atoms with van der Waals surface area (Å²) in [6.45, 7) is 4.76. The summed E-state index contributed by atoms with van der Waals surface area (Å²) in [6.07, 6.45) is 0. The largest absolute Gasteiger partial charge is 0.0616 e. The van der Waals surface area contributed by atoms with E-state index >= 15 is 0 Å². The van der Waals surface area contributed by atoms with Gasteiger partial charge in [-0.3, -0.25) is 0 Å². The van der Waals surface area contributed by atoms with E-state index in [2.05, 4.69) is 121 Å².